The Morgan fingerprint density at radius 3 is 2.76 bits per heavy atom. The van der Waals surface area contributed by atoms with Gasteiger partial charge < -0.3 is 19.3 Å². The van der Waals surface area contributed by atoms with Crippen LogP contribution in [0.15, 0.2) is 6.07 Å². The van der Waals surface area contributed by atoms with Gasteiger partial charge in [0.1, 0.15) is 17.8 Å². The number of aromatic nitrogens is 7. The van der Waals surface area contributed by atoms with Crippen LogP contribution in [0, 0.1) is 6.92 Å². The van der Waals surface area contributed by atoms with E-state index in [9.17, 15) is 5.11 Å². The molecule has 12 nitrogen and oxygen atoms in total. The van der Waals surface area contributed by atoms with E-state index in [4.69, 9.17) is 29.4 Å². The normalized spacial score (nSPS) is 19.2. The first-order valence-electron chi connectivity index (χ1n) is 14.7. The van der Waals surface area contributed by atoms with E-state index in [-0.39, 0.29) is 18.7 Å². The summed E-state index contributed by atoms with van der Waals surface area (Å²) in [6.07, 6.45) is 6.34. The standard InChI is InChI=1S/C30H40N8O4/c1-7-41-29-21-10-11-23-22-12-24(31-19(4)28(22)33-32-23)27-25(16-40-6)34-36(5)30(27)42-15-18(3)37(20-8-9-20)13-26(21)38(35-29)17(2)14-39/h10-12,17-18,20,39H,7-9,13-16H2,1-6H3,(H,32,33)/b11-10+. The van der Waals surface area contributed by atoms with Crippen LogP contribution in [-0.2, 0) is 24.9 Å². The quantitative estimate of drug-likeness (QED) is 0.337. The maximum atomic E-state index is 10.1. The van der Waals surface area contributed by atoms with Gasteiger partial charge in [0.15, 0.2) is 0 Å². The van der Waals surface area contributed by atoms with E-state index in [0.717, 1.165) is 63.3 Å². The average Bonchev–Trinajstić information content (AvgIpc) is 3.53. The summed E-state index contributed by atoms with van der Waals surface area (Å²) in [4.78, 5) is 7.42. The summed E-state index contributed by atoms with van der Waals surface area (Å²) in [5.41, 5.74) is 6.69. The van der Waals surface area contributed by atoms with Gasteiger partial charge in [-0.3, -0.25) is 19.7 Å². The molecule has 0 amide bonds. The van der Waals surface area contributed by atoms with Crippen LogP contribution in [0.3, 0.4) is 0 Å². The van der Waals surface area contributed by atoms with Gasteiger partial charge in [0, 0.05) is 38.2 Å². The maximum absolute atomic E-state index is 10.1. The molecule has 6 rings (SSSR count). The molecule has 1 aliphatic carbocycles. The first-order valence-corrected chi connectivity index (χ1v) is 14.7. The van der Waals surface area contributed by atoms with Gasteiger partial charge in [-0.2, -0.15) is 10.2 Å². The lowest BCUT2D eigenvalue weighted by Gasteiger charge is -2.30. The zero-order valence-electron chi connectivity index (χ0n) is 25.2. The van der Waals surface area contributed by atoms with E-state index in [1.165, 1.54) is 0 Å². The minimum atomic E-state index is -0.212. The lowest BCUT2D eigenvalue weighted by atomic mass is 10.1. The molecule has 42 heavy (non-hydrogen) atoms. The third-order valence-corrected chi connectivity index (χ3v) is 8.12. The fraction of sp³-hybridized carbons (Fsp3) is 0.533. The lowest BCUT2D eigenvalue weighted by molar-refractivity contribution is 0.122. The van der Waals surface area contributed by atoms with Crippen LogP contribution in [0.5, 0.6) is 11.8 Å². The molecule has 0 saturated heterocycles. The number of methoxy groups -OCH3 is 1. The smallest absolute Gasteiger partial charge is 0.240 e. The van der Waals surface area contributed by atoms with Crippen molar-refractivity contribution < 1.29 is 19.3 Å². The summed E-state index contributed by atoms with van der Waals surface area (Å²) in [6.45, 7) is 9.97. The number of H-pyrrole nitrogens is 1. The molecule has 2 aliphatic rings. The molecule has 12 heteroatoms. The van der Waals surface area contributed by atoms with E-state index in [1.54, 1.807) is 11.8 Å². The van der Waals surface area contributed by atoms with E-state index in [0.29, 0.717) is 44.2 Å². The van der Waals surface area contributed by atoms with Crippen molar-refractivity contribution in [2.24, 2.45) is 7.05 Å². The van der Waals surface area contributed by atoms with Gasteiger partial charge >= 0.3 is 0 Å². The van der Waals surface area contributed by atoms with Crippen LogP contribution >= 0.6 is 0 Å². The fourth-order valence-corrected chi connectivity index (χ4v) is 5.82. The van der Waals surface area contributed by atoms with Gasteiger partial charge in [0.05, 0.1) is 59.8 Å². The van der Waals surface area contributed by atoms with Gasteiger partial charge in [-0.25, -0.2) is 4.68 Å². The number of nitrogens with one attached hydrogen (secondary N) is 1. The predicted octanol–water partition coefficient (Wildman–Crippen LogP) is 3.88. The Morgan fingerprint density at radius 2 is 2.05 bits per heavy atom. The molecule has 5 heterocycles. The van der Waals surface area contributed by atoms with Gasteiger partial charge in [0.25, 0.3) is 0 Å². The Morgan fingerprint density at radius 1 is 1.24 bits per heavy atom. The summed E-state index contributed by atoms with van der Waals surface area (Å²) in [7, 11) is 3.56. The van der Waals surface area contributed by atoms with Crippen LogP contribution in [0.2, 0.25) is 0 Å². The average molecular weight is 577 g/mol. The molecule has 0 radical (unpaired) electrons. The Hall–Kier alpha value is -3.74. The van der Waals surface area contributed by atoms with Crippen LogP contribution in [0.1, 0.15) is 68.0 Å². The van der Waals surface area contributed by atoms with E-state index in [2.05, 4.69) is 22.0 Å². The predicted molar refractivity (Wildman–Crippen MR) is 159 cm³/mol. The molecule has 0 aromatic carbocycles. The molecule has 224 valence electrons. The molecule has 2 unspecified atom stereocenters. The highest BCUT2D eigenvalue weighted by molar-refractivity contribution is 5.93. The largest absolute Gasteiger partial charge is 0.476 e. The van der Waals surface area contributed by atoms with Crippen molar-refractivity contribution in [3.8, 4) is 23.0 Å². The highest BCUT2D eigenvalue weighted by Gasteiger charge is 2.35. The maximum Gasteiger partial charge on any atom is 0.240 e. The van der Waals surface area contributed by atoms with Crippen molar-refractivity contribution >= 4 is 23.1 Å². The van der Waals surface area contributed by atoms with Crippen molar-refractivity contribution in [3.63, 3.8) is 0 Å². The number of fused-ring (bicyclic) bond motifs is 4. The van der Waals surface area contributed by atoms with Crippen molar-refractivity contribution in [2.75, 3.05) is 26.9 Å². The molecule has 1 aliphatic heterocycles. The molecule has 2 bridgehead atoms. The Balaban J connectivity index is 1.58. The van der Waals surface area contributed by atoms with Crippen molar-refractivity contribution in [1.29, 1.82) is 0 Å². The first kappa shape index (κ1) is 28.4. The molecule has 2 N–H and O–H groups in total. The minimum Gasteiger partial charge on any atom is -0.476 e. The van der Waals surface area contributed by atoms with Crippen LogP contribution in [0.4, 0.5) is 0 Å². The number of aliphatic hydroxyl groups is 1. The second-order valence-electron chi connectivity index (χ2n) is 11.3. The van der Waals surface area contributed by atoms with E-state index in [1.807, 2.05) is 50.7 Å². The monoisotopic (exact) mass is 576 g/mol. The number of hydrogen-bond donors (Lipinski definition) is 2. The summed E-state index contributed by atoms with van der Waals surface area (Å²) >= 11 is 0. The number of hydrogen-bond acceptors (Lipinski definition) is 9. The van der Waals surface area contributed by atoms with Gasteiger partial charge in [-0.1, -0.05) is 0 Å². The van der Waals surface area contributed by atoms with Crippen molar-refractivity contribution in [2.45, 2.75) is 71.8 Å². The van der Waals surface area contributed by atoms with Gasteiger partial charge in [-0.05, 0) is 58.8 Å². The molecular weight excluding hydrogens is 536 g/mol. The Labute approximate surface area is 245 Å². The molecule has 1 saturated carbocycles. The highest BCUT2D eigenvalue weighted by atomic mass is 16.5. The molecule has 4 aromatic heterocycles. The highest BCUT2D eigenvalue weighted by Crippen LogP contribution is 2.38. The summed E-state index contributed by atoms with van der Waals surface area (Å²) < 4.78 is 21.8. The Kier molecular flexibility index (Phi) is 7.77. The zero-order valence-corrected chi connectivity index (χ0v) is 25.2. The number of ether oxygens (including phenoxy) is 3. The van der Waals surface area contributed by atoms with Crippen LogP contribution < -0.4 is 9.47 Å². The molecular formula is C30H40N8O4. The number of nitrogens with zero attached hydrogens (tertiary/aromatic N) is 7. The van der Waals surface area contributed by atoms with Crippen molar-refractivity contribution in [1.82, 2.24) is 39.6 Å². The fourth-order valence-electron chi connectivity index (χ4n) is 5.82. The third-order valence-electron chi connectivity index (χ3n) is 8.12. The van der Waals surface area contributed by atoms with Gasteiger partial charge in [0.2, 0.25) is 11.8 Å². The van der Waals surface area contributed by atoms with Crippen LogP contribution in [0.25, 0.3) is 34.3 Å². The summed E-state index contributed by atoms with van der Waals surface area (Å²) in [5.74, 6) is 1.21. The number of aromatic amines is 1. The number of aliphatic hydroxyl groups excluding tert-OH is 1. The molecule has 2 atom stereocenters. The zero-order chi connectivity index (χ0) is 29.5. The van der Waals surface area contributed by atoms with E-state index < -0.39 is 0 Å². The molecule has 4 aromatic rings. The number of aryl methyl sites for hydroxylation is 2. The molecule has 0 spiro atoms. The second-order valence-corrected chi connectivity index (χ2v) is 11.3. The SMILES string of the molecule is CCOc1nn(C(C)CO)c2c1/C=C/c1[nH]nc3c(C)nc(cc13)-c1c(COC)nn(C)c1OCC(C)N(C1CC1)C2. The topological polar surface area (TPSA) is 128 Å². The minimum absolute atomic E-state index is 0.0290. The lowest BCUT2D eigenvalue weighted by Crippen LogP contribution is -2.39. The first-order chi connectivity index (χ1) is 20.3. The van der Waals surface area contributed by atoms with Gasteiger partial charge in [-0.15, -0.1) is 5.10 Å². The van der Waals surface area contributed by atoms with Crippen LogP contribution in [-0.4, -0.2) is 83.8 Å². The van der Waals surface area contributed by atoms with E-state index >= 15 is 0 Å². The summed E-state index contributed by atoms with van der Waals surface area (Å²) in [6, 6.07) is 2.36. The Bertz CT molecular complexity index is 1620. The molecule has 1 fully saturated rings. The third kappa shape index (κ3) is 5.07. The van der Waals surface area contributed by atoms with Crippen molar-refractivity contribution in [3.05, 3.63) is 34.4 Å². The summed E-state index contributed by atoms with van der Waals surface area (Å²) in [5, 5.41) is 28.4. The number of rotatable bonds is 7. The number of pyridine rings is 1. The second kappa shape index (κ2) is 11.5.